The minimum atomic E-state index is -4.22. The van der Waals surface area contributed by atoms with Gasteiger partial charge in [0.1, 0.15) is 0 Å². The molecular weight excluding hydrogens is 689 g/mol. The molecule has 0 amide bonds. The second-order valence-corrected chi connectivity index (χ2v) is 43.9. The fourth-order valence-corrected chi connectivity index (χ4v) is 96.3. The standard InChI is InChI=1S/C18H15Cl6Ge3N3/c19-25(20)28(16-10-4-1-5-11-16)26(21,22)30(18-14-8-3-9-15-18)27(23,24)29(25)17-12-6-2-7-13-17/h1-15H. The Kier molecular flexibility index (Phi) is 7.07. The van der Waals surface area contributed by atoms with Crippen molar-refractivity contribution < 1.29 is 0 Å². The fraction of sp³-hybridized carbons (Fsp3) is 0. The van der Waals surface area contributed by atoms with Crippen LogP contribution < -0.4 is 8.44 Å². The zero-order valence-electron chi connectivity index (χ0n) is 15.3. The molecule has 0 aromatic heterocycles. The van der Waals surface area contributed by atoms with Gasteiger partial charge < -0.3 is 0 Å². The Bertz CT molecular complexity index is 862. The molecule has 0 radical (unpaired) electrons. The van der Waals surface area contributed by atoms with E-state index in [-0.39, 0.29) is 0 Å². The molecule has 0 spiro atoms. The average Bonchev–Trinajstić information content (AvgIpc) is 2.68. The quantitative estimate of drug-likeness (QED) is 0.266. The molecule has 4 rings (SSSR count). The molecule has 1 saturated heterocycles. The number of nitrogens with zero attached hydrogens (tertiary/aromatic N) is 3. The van der Waals surface area contributed by atoms with Crippen molar-refractivity contribution >= 4 is 113 Å². The summed E-state index contributed by atoms with van der Waals surface area (Å²) >= 11 is -12.7. The van der Waals surface area contributed by atoms with Gasteiger partial charge in [0.15, 0.2) is 0 Å². The van der Waals surface area contributed by atoms with Gasteiger partial charge in [0.25, 0.3) is 0 Å². The third kappa shape index (κ3) is 4.08. The van der Waals surface area contributed by atoms with Crippen molar-refractivity contribution in [2.45, 2.75) is 0 Å². The van der Waals surface area contributed by atoms with Crippen LogP contribution in [0.1, 0.15) is 0 Å². The summed E-state index contributed by atoms with van der Waals surface area (Å²) in [6.45, 7) is 0. The van der Waals surface area contributed by atoms with E-state index in [2.05, 4.69) is 0 Å². The van der Waals surface area contributed by atoms with Crippen molar-refractivity contribution in [3.05, 3.63) is 91.0 Å². The van der Waals surface area contributed by atoms with Crippen LogP contribution in [0.15, 0.2) is 91.0 Å². The number of anilines is 3. The molecular formula is C18H15Cl6Ge3N3. The molecule has 156 valence electrons. The van der Waals surface area contributed by atoms with Gasteiger partial charge in [-0.05, 0) is 0 Å². The third-order valence-corrected chi connectivity index (χ3v) is 64.9. The first-order valence-corrected chi connectivity index (χ1v) is 31.0. The number of para-hydroxylation sites is 3. The zero-order valence-corrected chi connectivity index (χ0v) is 26.1. The average molecular weight is 704 g/mol. The van der Waals surface area contributed by atoms with Crippen molar-refractivity contribution in [2.75, 3.05) is 8.44 Å². The van der Waals surface area contributed by atoms with E-state index in [1.807, 2.05) is 99.4 Å². The molecule has 1 heterocycles. The maximum absolute atomic E-state index is 7.23. The Labute approximate surface area is 209 Å². The second-order valence-electron chi connectivity index (χ2n) is 6.54. The van der Waals surface area contributed by atoms with Crippen molar-refractivity contribution in [3.63, 3.8) is 0 Å². The summed E-state index contributed by atoms with van der Waals surface area (Å²) in [5.41, 5.74) is 2.29. The molecule has 0 saturated carbocycles. The van der Waals surface area contributed by atoms with Gasteiger partial charge in [-0.3, -0.25) is 0 Å². The normalized spacial score (nSPS) is 19.6. The first-order valence-electron chi connectivity index (χ1n) is 8.88. The molecule has 1 aliphatic heterocycles. The van der Waals surface area contributed by atoms with E-state index >= 15 is 0 Å². The monoisotopic (exact) mass is 705 g/mol. The summed E-state index contributed by atoms with van der Waals surface area (Å²) in [6, 6.07) is 28.6. The zero-order chi connectivity index (χ0) is 21.6. The maximum atomic E-state index is 7.23. The van der Waals surface area contributed by atoms with E-state index in [4.69, 9.17) is 60.1 Å². The van der Waals surface area contributed by atoms with E-state index in [1.54, 1.807) is 0 Å². The van der Waals surface area contributed by atoms with Crippen LogP contribution in [0.25, 0.3) is 0 Å². The summed E-state index contributed by atoms with van der Waals surface area (Å²) in [5.74, 6) is 0. The Hall–Kier alpha value is 0.429. The summed E-state index contributed by atoms with van der Waals surface area (Å²) in [4.78, 5) is 0. The Balaban J connectivity index is 2.00. The predicted octanol–water partition coefficient (Wildman–Crippen LogP) is 7.26. The SMILES string of the molecule is [Cl][Ge]1([Cl])[N](c2ccccc2)[Ge]([Cl])([Cl])[N](c2ccccc2)[Ge]([Cl])([Cl])[N]1c1ccccc1. The van der Waals surface area contributed by atoms with Crippen LogP contribution in [0.5, 0.6) is 0 Å². The van der Waals surface area contributed by atoms with Crippen LogP contribution in [-0.2, 0) is 0 Å². The Morgan fingerprint density at radius 3 is 0.767 bits per heavy atom. The molecule has 0 bridgehead atoms. The molecule has 12 heteroatoms. The number of hydrogen-bond donors (Lipinski definition) is 0. The molecule has 3 aromatic carbocycles. The molecule has 3 aromatic rings. The Morgan fingerprint density at radius 1 is 0.367 bits per heavy atom. The summed E-state index contributed by atoms with van der Waals surface area (Å²) < 4.78 is 5.58. The van der Waals surface area contributed by atoms with E-state index in [1.165, 1.54) is 0 Å². The summed E-state index contributed by atoms with van der Waals surface area (Å²) in [6.07, 6.45) is 0. The fourth-order valence-electron chi connectivity index (χ4n) is 3.45. The van der Waals surface area contributed by atoms with Gasteiger partial charge in [-0.1, -0.05) is 0 Å². The van der Waals surface area contributed by atoms with Crippen LogP contribution in [0.2, 0.25) is 0 Å². The molecule has 0 unspecified atom stereocenters. The molecule has 1 aliphatic rings. The first kappa shape index (κ1) is 23.6. The van der Waals surface area contributed by atoms with Crippen molar-refractivity contribution in [1.82, 2.24) is 0 Å². The number of hydrogen-bond acceptors (Lipinski definition) is 3. The topological polar surface area (TPSA) is 9.72 Å². The van der Waals surface area contributed by atoms with E-state index in [0.29, 0.717) is 0 Å². The molecule has 0 atom stereocenters. The van der Waals surface area contributed by atoms with Crippen LogP contribution in [-0.4, -0.2) is 35.6 Å². The first-order chi connectivity index (χ1) is 14.2. The van der Waals surface area contributed by atoms with Crippen LogP contribution in [0.3, 0.4) is 0 Å². The van der Waals surface area contributed by atoms with E-state index < -0.39 is 35.6 Å². The van der Waals surface area contributed by atoms with Gasteiger partial charge in [0.05, 0.1) is 0 Å². The summed E-state index contributed by atoms with van der Waals surface area (Å²) in [5, 5.41) is 0. The van der Waals surface area contributed by atoms with Gasteiger partial charge in [0, 0.05) is 0 Å². The Morgan fingerprint density at radius 2 is 0.567 bits per heavy atom. The second kappa shape index (κ2) is 8.99. The number of halogens is 6. The summed E-state index contributed by atoms with van der Waals surface area (Å²) in [7, 11) is 43.4. The van der Waals surface area contributed by atoms with Crippen molar-refractivity contribution in [2.24, 2.45) is 0 Å². The van der Waals surface area contributed by atoms with Crippen molar-refractivity contribution in [3.8, 4) is 0 Å². The molecule has 0 N–H and O–H groups in total. The van der Waals surface area contributed by atoms with Crippen LogP contribution in [0, 0.1) is 0 Å². The van der Waals surface area contributed by atoms with Gasteiger partial charge in [0.2, 0.25) is 0 Å². The van der Waals surface area contributed by atoms with Gasteiger partial charge >= 0.3 is 212 Å². The van der Waals surface area contributed by atoms with Crippen molar-refractivity contribution in [1.29, 1.82) is 0 Å². The molecule has 0 aliphatic carbocycles. The molecule has 3 nitrogen and oxygen atoms in total. The number of rotatable bonds is 3. The van der Waals surface area contributed by atoms with E-state index in [9.17, 15) is 0 Å². The van der Waals surface area contributed by atoms with Gasteiger partial charge in [-0.15, -0.1) is 0 Å². The van der Waals surface area contributed by atoms with E-state index in [0.717, 1.165) is 17.1 Å². The minimum absolute atomic E-state index is 0.764. The van der Waals surface area contributed by atoms with Crippen LogP contribution >= 0.6 is 60.1 Å². The molecule has 30 heavy (non-hydrogen) atoms. The van der Waals surface area contributed by atoms with Gasteiger partial charge in [-0.25, -0.2) is 0 Å². The van der Waals surface area contributed by atoms with Crippen LogP contribution in [0.4, 0.5) is 17.1 Å². The van der Waals surface area contributed by atoms with Gasteiger partial charge in [-0.2, -0.15) is 0 Å². The predicted molar refractivity (Wildman–Crippen MR) is 139 cm³/mol. The third-order valence-electron chi connectivity index (χ3n) is 4.66. The molecule has 1 fully saturated rings. The number of benzene rings is 3.